The summed E-state index contributed by atoms with van der Waals surface area (Å²) in [5.41, 5.74) is 1.02. The zero-order valence-electron chi connectivity index (χ0n) is 16.2. The number of aromatic nitrogens is 1. The van der Waals surface area contributed by atoms with Crippen LogP contribution in [0.15, 0.2) is 60.8 Å². The first-order valence-corrected chi connectivity index (χ1v) is 9.47. The SMILES string of the molecule is CCc1nccc(N(C(C)=O)c2ccc(Oc3ccc(C(F)(F)F)cc3)cc2)c1Cl. The number of ether oxygens (including phenoxy) is 1. The molecular weight excluding hydrogens is 417 g/mol. The molecule has 2 aromatic carbocycles. The van der Waals surface area contributed by atoms with Crippen LogP contribution >= 0.6 is 11.6 Å². The van der Waals surface area contributed by atoms with Crippen LogP contribution in [0.25, 0.3) is 0 Å². The third-order valence-electron chi connectivity index (χ3n) is 4.34. The fourth-order valence-corrected chi connectivity index (χ4v) is 3.23. The van der Waals surface area contributed by atoms with Gasteiger partial charge in [0.15, 0.2) is 0 Å². The number of hydrogen-bond donors (Lipinski definition) is 0. The average Bonchev–Trinajstić information content (AvgIpc) is 2.70. The second-order valence-corrected chi connectivity index (χ2v) is 6.79. The van der Waals surface area contributed by atoms with E-state index in [4.69, 9.17) is 16.3 Å². The van der Waals surface area contributed by atoms with Crippen molar-refractivity contribution in [3.05, 3.63) is 77.1 Å². The fraction of sp³-hybridized carbons (Fsp3) is 0.182. The number of amides is 1. The summed E-state index contributed by atoms with van der Waals surface area (Å²) in [4.78, 5) is 18.0. The van der Waals surface area contributed by atoms with Crippen molar-refractivity contribution in [2.75, 3.05) is 4.90 Å². The van der Waals surface area contributed by atoms with Gasteiger partial charge in [-0.25, -0.2) is 0 Å². The maximum absolute atomic E-state index is 12.7. The zero-order chi connectivity index (χ0) is 21.9. The molecule has 3 rings (SSSR count). The van der Waals surface area contributed by atoms with Crippen molar-refractivity contribution in [2.24, 2.45) is 0 Å². The van der Waals surface area contributed by atoms with Crippen molar-refractivity contribution in [3.63, 3.8) is 0 Å². The summed E-state index contributed by atoms with van der Waals surface area (Å²) in [7, 11) is 0. The summed E-state index contributed by atoms with van der Waals surface area (Å²) in [5.74, 6) is 0.447. The maximum Gasteiger partial charge on any atom is 0.416 e. The Labute approximate surface area is 176 Å². The van der Waals surface area contributed by atoms with Gasteiger partial charge in [0, 0.05) is 18.8 Å². The molecule has 0 bridgehead atoms. The third kappa shape index (κ3) is 4.74. The molecule has 0 saturated heterocycles. The highest BCUT2D eigenvalue weighted by molar-refractivity contribution is 6.34. The lowest BCUT2D eigenvalue weighted by atomic mass is 10.2. The van der Waals surface area contributed by atoms with Crippen LogP contribution in [0.2, 0.25) is 5.02 Å². The van der Waals surface area contributed by atoms with Crippen LogP contribution in [0, 0.1) is 0 Å². The molecule has 0 unspecified atom stereocenters. The molecule has 156 valence electrons. The molecule has 0 fully saturated rings. The molecule has 1 aromatic heterocycles. The van der Waals surface area contributed by atoms with Gasteiger partial charge in [0.25, 0.3) is 0 Å². The molecule has 0 aliphatic carbocycles. The lowest BCUT2D eigenvalue weighted by Gasteiger charge is -2.23. The van der Waals surface area contributed by atoms with Gasteiger partial charge in [0.1, 0.15) is 11.5 Å². The number of pyridine rings is 1. The summed E-state index contributed by atoms with van der Waals surface area (Å²) in [6.45, 7) is 3.35. The average molecular weight is 435 g/mol. The smallest absolute Gasteiger partial charge is 0.416 e. The molecule has 1 heterocycles. The van der Waals surface area contributed by atoms with Crippen LogP contribution in [-0.2, 0) is 17.4 Å². The van der Waals surface area contributed by atoms with Crippen LogP contribution in [-0.4, -0.2) is 10.9 Å². The molecule has 0 atom stereocenters. The van der Waals surface area contributed by atoms with E-state index < -0.39 is 11.7 Å². The largest absolute Gasteiger partial charge is 0.457 e. The normalized spacial score (nSPS) is 11.3. The van der Waals surface area contributed by atoms with Crippen LogP contribution in [0.5, 0.6) is 11.5 Å². The lowest BCUT2D eigenvalue weighted by molar-refractivity contribution is -0.137. The second-order valence-electron chi connectivity index (χ2n) is 6.42. The Morgan fingerprint density at radius 1 is 1.03 bits per heavy atom. The van der Waals surface area contributed by atoms with Gasteiger partial charge in [-0.1, -0.05) is 18.5 Å². The Morgan fingerprint density at radius 3 is 2.10 bits per heavy atom. The Morgan fingerprint density at radius 2 is 1.60 bits per heavy atom. The number of benzene rings is 2. The number of alkyl halides is 3. The highest BCUT2D eigenvalue weighted by atomic mass is 35.5. The topological polar surface area (TPSA) is 42.4 Å². The number of hydrogen-bond acceptors (Lipinski definition) is 3. The van der Waals surface area contributed by atoms with E-state index in [1.165, 1.54) is 24.0 Å². The number of rotatable bonds is 5. The van der Waals surface area contributed by atoms with E-state index in [1.807, 2.05) is 6.92 Å². The van der Waals surface area contributed by atoms with E-state index >= 15 is 0 Å². The first kappa shape index (κ1) is 21.6. The van der Waals surface area contributed by atoms with Crippen molar-refractivity contribution in [2.45, 2.75) is 26.4 Å². The maximum atomic E-state index is 12.7. The van der Waals surface area contributed by atoms with Gasteiger partial charge in [-0.05, 0) is 61.0 Å². The van der Waals surface area contributed by atoms with Crippen LogP contribution in [0.4, 0.5) is 24.5 Å². The number of carbonyl (C=O) groups excluding carboxylic acids is 1. The van der Waals surface area contributed by atoms with Gasteiger partial charge in [-0.2, -0.15) is 13.2 Å². The van der Waals surface area contributed by atoms with Gasteiger partial charge in [0.2, 0.25) is 5.91 Å². The third-order valence-corrected chi connectivity index (χ3v) is 4.76. The van der Waals surface area contributed by atoms with E-state index in [9.17, 15) is 18.0 Å². The second kappa shape index (κ2) is 8.75. The van der Waals surface area contributed by atoms with Gasteiger partial charge in [0.05, 0.1) is 22.0 Å². The number of nitrogens with zero attached hydrogens (tertiary/aromatic N) is 2. The Bertz CT molecular complexity index is 1040. The number of halogens is 4. The summed E-state index contributed by atoms with van der Waals surface area (Å²) in [6, 6.07) is 12.7. The fourth-order valence-electron chi connectivity index (χ4n) is 2.90. The van der Waals surface area contributed by atoms with Crippen molar-refractivity contribution < 1.29 is 22.7 Å². The van der Waals surface area contributed by atoms with E-state index in [2.05, 4.69) is 4.98 Å². The lowest BCUT2D eigenvalue weighted by Crippen LogP contribution is -2.23. The summed E-state index contributed by atoms with van der Waals surface area (Å²) in [5, 5.41) is 0.403. The molecule has 30 heavy (non-hydrogen) atoms. The summed E-state index contributed by atoms with van der Waals surface area (Å²) >= 11 is 6.42. The van der Waals surface area contributed by atoms with Crippen molar-refractivity contribution >= 4 is 28.9 Å². The highest BCUT2D eigenvalue weighted by Crippen LogP contribution is 2.35. The Balaban J connectivity index is 1.84. The van der Waals surface area contributed by atoms with Crippen LogP contribution < -0.4 is 9.64 Å². The molecule has 0 spiro atoms. The number of aryl methyl sites for hydroxylation is 1. The van der Waals surface area contributed by atoms with Crippen molar-refractivity contribution in [1.82, 2.24) is 4.98 Å². The summed E-state index contributed by atoms with van der Waals surface area (Å²) < 4.78 is 43.6. The zero-order valence-corrected chi connectivity index (χ0v) is 17.0. The van der Waals surface area contributed by atoms with Gasteiger partial charge < -0.3 is 4.74 Å². The minimum absolute atomic E-state index is 0.235. The van der Waals surface area contributed by atoms with E-state index in [-0.39, 0.29) is 11.7 Å². The standard InChI is InChI=1S/C22H18ClF3N2O2/c1-3-19-21(23)20(12-13-27-19)28(14(2)29)16-6-10-18(11-7-16)30-17-8-4-15(5-9-17)22(24,25)26/h4-13H,3H2,1-2H3. The van der Waals surface area contributed by atoms with E-state index in [0.717, 1.165) is 12.1 Å². The van der Waals surface area contributed by atoms with E-state index in [1.54, 1.807) is 36.5 Å². The number of anilines is 2. The number of carbonyl (C=O) groups is 1. The Kier molecular flexibility index (Phi) is 6.31. The molecular formula is C22H18ClF3N2O2. The monoisotopic (exact) mass is 434 g/mol. The molecule has 3 aromatic rings. The highest BCUT2D eigenvalue weighted by Gasteiger charge is 2.30. The van der Waals surface area contributed by atoms with Crippen LogP contribution in [0.1, 0.15) is 25.1 Å². The van der Waals surface area contributed by atoms with E-state index in [0.29, 0.717) is 34.3 Å². The molecule has 0 saturated carbocycles. The summed E-state index contributed by atoms with van der Waals surface area (Å²) in [6.07, 6.45) is -2.18. The molecule has 4 nitrogen and oxygen atoms in total. The molecule has 0 radical (unpaired) electrons. The predicted molar refractivity (Wildman–Crippen MR) is 109 cm³/mol. The Hall–Kier alpha value is -3.06. The van der Waals surface area contributed by atoms with Crippen molar-refractivity contribution in [1.29, 1.82) is 0 Å². The van der Waals surface area contributed by atoms with Gasteiger partial charge in [-0.15, -0.1) is 0 Å². The quantitative estimate of drug-likeness (QED) is 0.443. The molecule has 0 N–H and O–H groups in total. The first-order valence-electron chi connectivity index (χ1n) is 9.10. The van der Waals surface area contributed by atoms with Crippen LogP contribution in [0.3, 0.4) is 0 Å². The molecule has 0 aliphatic heterocycles. The molecule has 0 aliphatic rings. The predicted octanol–water partition coefficient (Wildman–Crippen LogP) is 6.79. The molecule has 1 amide bonds. The minimum Gasteiger partial charge on any atom is -0.457 e. The van der Waals surface area contributed by atoms with Gasteiger partial charge in [-0.3, -0.25) is 14.7 Å². The minimum atomic E-state index is -4.40. The van der Waals surface area contributed by atoms with Gasteiger partial charge >= 0.3 is 6.18 Å². The molecule has 8 heteroatoms. The first-order chi connectivity index (χ1) is 14.2. The van der Waals surface area contributed by atoms with Crippen molar-refractivity contribution in [3.8, 4) is 11.5 Å².